The molecule has 2 amide bonds. The molecule has 144 valence electrons. The third-order valence-corrected chi connectivity index (χ3v) is 4.19. The minimum absolute atomic E-state index is 0.0769. The van der Waals surface area contributed by atoms with E-state index < -0.39 is 6.04 Å². The standard InChI is InChI=1S/C21H28N4O2/c1-12(2)18(25-20(26)16-9-7-14(5)8-10-16)21(27)24-17-11-15(6)22-19(23-17)13(3)4/h7-13,18H,1-6H3,(H,25,26)(H,22,23,24,27). The van der Waals surface area contributed by atoms with Crippen molar-refractivity contribution < 1.29 is 9.59 Å². The van der Waals surface area contributed by atoms with Gasteiger partial charge in [0, 0.05) is 23.2 Å². The second-order valence-corrected chi connectivity index (χ2v) is 7.46. The molecule has 0 saturated heterocycles. The van der Waals surface area contributed by atoms with E-state index in [1.54, 1.807) is 18.2 Å². The molecule has 1 aromatic carbocycles. The van der Waals surface area contributed by atoms with E-state index in [4.69, 9.17) is 0 Å². The van der Waals surface area contributed by atoms with Gasteiger partial charge in [0.15, 0.2) is 0 Å². The summed E-state index contributed by atoms with van der Waals surface area (Å²) in [5.41, 5.74) is 2.39. The Hall–Kier alpha value is -2.76. The molecule has 0 aliphatic rings. The zero-order valence-corrected chi connectivity index (χ0v) is 16.8. The van der Waals surface area contributed by atoms with Gasteiger partial charge in [0.05, 0.1) is 0 Å². The van der Waals surface area contributed by atoms with E-state index in [0.29, 0.717) is 17.2 Å². The first-order valence-corrected chi connectivity index (χ1v) is 9.21. The average Bonchev–Trinajstić information content (AvgIpc) is 2.59. The summed E-state index contributed by atoms with van der Waals surface area (Å²) in [6, 6.07) is 8.30. The molecular formula is C21H28N4O2. The van der Waals surface area contributed by atoms with Gasteiger partial charge < -0.3 is 10.6 Å². The van der Waals surface area contributed by atoms with Crippen LogP contribution in [0.1, 0.15) is 61.1 Å². The number of nitrogens with zero attached hydrogens (tertiary/aromatic N) is 2. The molecule has 2 rings (SSSR count). The zero-order valence-electron chi connectivity index (χ0n) is 16.8. The molecule has 0 radical (unpaired) electrons. The van der Waals surface area contributed by atoms with Crippen LogP contribution in [0.4, 0.5) is 5.82 Å². The molecule has 6 heteroatoms. The Kier molecular flexibility index (Phi) is 6.66. The van der Waals surface area contributed by atoms with Crippen molar-refractivity contribution in [3.8, 4) is 0 Å². The van der Waals surface area contributed by atoms with Crippen LogP contribution in [0.25, 0.3) is 0 Å². The first kappa shape index (κ1) is 20.6. The van der Waals surface area contributed by atoms with Crippen molar-refractivity contribution >= 4 is 17.6 Å². The fourth-order valence-electron chi connectivity index (χ4n) is 2.58. The van der Waals surface area contributed by atoms with Crippen molar-refractivity contribution in [3.63, 3.8) is 0 Å². The maximum absolute atomic E-state index is 12.8. The molecule has 0 fully saturated rings. The van der Waals surface area contributed by atoms with E-state index in [1.807, 2.05) is 53.7 Å². The van der Waals surface area contributed by atoms with Crippen LogP contribution in [0.5, 0.6) is 0 Å². The van der Waals surface area contributed by atoms with E-state index in [1.165, 1.54) is 0 Å². The van der Waals surface area contributed by atoms with Gasteiger partial charge in [-0.25, -0.2) is 9.97 Å². The van der Waals surface area contributed by atoms with E-state index in [0.717, 1.165) is 11.3 Å². The number of amides is 2. The van der Waals surface area contributed by atoms with Gasteiger partial charge in [0.1, 0.15) is 17.7 Å². The van der Waals surface area contributed by atoms with Gasteiger partial charge in [-0.15, -0.1) is 0 Å². The number of aryl methyl sites for hydroxylation is 2. The summed E-state index contributed by atoms with van der Waals surface area (Å²) in [6.45, 7) is 11.6. The predicted octanol–water partition coefficient (Wildman–Crippen LogP) is 3.61. The molecule has 0 aliphatic carbocycles. The van der Waals surface area contributed by atoms with Crippen LogP contribution in [-0.4, -0.2) is 27.8 Å². The quantitative estimate of drug-likeness (QED) is 0.816. The average molecular weight is 368 g/mol. The van der Waals surface area contributed by atoms with Crippen molar-refractivity contribution in [3.05, 3.63) is 53.0 Å². The SMILES string of the molecule is Cc1ccc(C(=O)NC(C(=O)Nc2cc(C)nc(C(C)C)n2)C(C)C)cc1. The van der Waals surface area contributed by atoms with Crippen LogP contribution in [0.15, 0.2) is 30.3 Å². The Morgan fingerprint density at radius 1 is 0.963 bits per heavy atom. The van der Waals surface area contributed by atoms with Gasteiger partial charge in [0.25, 0.3) is 5.91 Å². The number of nitrogens with one attached hydrogen (secondary N) is 2. The van der Waals surface area contributed by atoms with Crippen molar-refractivity contribution in [1.82, 2.24) is 15.3 Å². The summed E-state index contributed by atoms with van der Waals surface area (Å²) in [4.78, 5) is 34.1. The smallest absolute Gasteiger partial charge is 0.251 e. The van der Waals surface area contributed by atoms with E-state index in [-0.39, 0.29) is 23.7 Å². The first-order chi connectivity index (χ1) is 12.7. The molecule has 0 bridgehead atoms. The molecule has 1 unspecified atom stereocenters. The molecular weight excluding hydrogens is 340 g/mol. The number of carbonyl (C=O) groups excluding carboxylic acids is 2. The van der Waals surface area contributed by atoms with Crippen LogP contribution in [0.2, 0.25) is 0 Å². The molecule has 27 heavy (non-hydrogen) atoms. The van der Waals surface area contributed by atoms with Gasteiger partial charge >= 0.3 is 0 Å². The first-order valence-electron chi connectivity index (χ1n) is 9.21. The van der Waals surface area contributed by atoms with Crippen molar-refractivity contribution in [2.75, 3.05) is 5.32 Å². The lowest BCUT2D eigenvalue weighted by Gasteiger charge is -2.22. The Labute approximate surface area is 160 Å². The fraction of sp³-hybridized carbons (Fsp3) is 0.429. The van der Waals surface area contributed by atoms with Crippen molar-refractivity contribution in [2.24, 2.45) is 5.92 Å². The maximum Gasteiger partial charge on any atom is 0.251 e. The normalized spacial score (nSPS) is 12.1. The Morgan fingerprint density at radius 3 is 2.15 bits per heavy atom. The maximum atomic E-state index is 12.8. The van der Waals surface area contributed by atoms with Gasteiger partial charge in [-0.3, -0.25) is 9.59 Å². The topological polar surface area (TPSA) is 84.0 Å². The Morgan fingerprint density at radius 2 is 1.59 bits per heavy atom. The second-order valence-electron chi connectivity index (χ2n) is 7.46. The number of benzene rings is 1. The number of hydrogen-bond donors (Lipinski definition) is 2. The van der Waals surface area contributed by atoms with E-state index >= 15 is 0 Å². The number of carbonyl (C=O) groups is 2. The highest BCUT2D eigenvalue weighted by Crippen LogP contribution is 2.15. The summed E-state index contributed by atoms with van der Waals surface area (Å²) >= 11 is 0. The number of rotatable bonds is 6. The summed E-state index contributed by atoms with van der Waals surface area (Å²) < 4.78 is 0. The minimum atomic E-state index is -0.670. The molecule has 2 N–H and O–H groups in total. The Balaban J connectivity index is 2.15. The molecule has 0 saturated carbocycles. The van der Waals surface area contributed by atoms with Crippen LogP contribution in [0, 0.1) is 19.8 Å². The van der Waals surface area contributed by atoms with Crippen LogP contribution in [-0.2, 0) is 4.79 Å². The summed E-state index contributed by atoms with van der Waals surface area (Å²) in [5, 5.41) is 5.65. The van der Waals surface area contributed by atoms with Crippen molar-refractivity contribution in [1.29, 1.82) is 0 Å². The summed E-state index contributed by atoms with van der Waals surface area (Å²) in [7, 11) is 0. The largest absolute Gasteiger partial charge is 0.340 e. The molecule has 6 nitrogen and oxygen atoms in total. The third kappa shape index (κ3) is 5.61. The lowest BCUT2D eigenvalue weighted by molar-refractivity contribution is -0.118. The van der Waals surface area contributed by atoms with Gasteiger partial charge in [0.2, 0.25) is 5.91 Å². The second kappa shape index (κ2) is 8.75. The molecule has 1 atom stereocenters. The molecule has 0 aliphatic heterocycles. The van der Waals surface area contributed by atoms with E-state index in [9.17, 15) is 9.59 Å². The van der Waals surface area contributed by atoms with Crippen LogP contribution < -0.4 is 10.6 Å². The molecule has 2 aromatic rings. The Bertz CT molecular complexity index is 813. The van der Waals surface area contributed by atoms with Crippen LogP contribution >= 0.6 is 0 Å². The van der Waals surface area contributed by atoms with Crippen molar-refractivity contribution in [2.45, 2.75) is 53.5 Å². The third-order valence-electron chi connectivity index (χ3n) is 4.19. The van der Waals surface area contributed by atoms with Gasteiger partial charge in [-0.1, -0.05) is 45.4 Å². The predicted molar refractivity (Wildman–Crippen MR) is 107 cm³/mol. The monoisotopic (exact) mass is 368 g/mol. The summed E-state index contributed by atoms with van der Waals surface area (Å²) in [6.07, 6.45) is 0. The summed E-state index contributed by atoms with van der Waals surface area (Å²) in [5.74, 6) is 0.639. The molecule has 0 spiro atoms. The van der Waals surface area contributed by atoms with Gasteiger partial charge in [-0.2, -0.15) is 0 Å². The molecule has 1 aromatic heterocycles. The van der Waals surface area contributed by atoms with Crippen LogP contribution in [0.3, 0.4) is 0 Å². The van der Waals surface area contributed by atoms with Gasteiger partial charge in [-0.05, 0) is 31.9 Å². The number of hydrogen-bond acceptors (Lipinski definition) is 4. The highest BCUT2D eigenvalue weighted by Gasteiger charge is 2.25. The lowest BCUT2D eigenvalue weighted by atomic mass is 10.0. The zero-order chi connectivity index (χ0) is 20.1. The lowest BCUT2D eigenvalue weighted by Crippen LogP contribution is -2.47. The number of anilines is 1. The fourth-order valence-corrected chi connectivity index (χ4v) is 2.58. The highest BCUT2D eigenvalue weighted by atomic mass is 16.2. The number of aromatic nitrogens is 2. The minimum Gasteiger partial charge on any atom is -0.340 e. The highest BCUT2D eigenvalue weighted by molar-refractivity contribution is 6.01. The molecule has 1 heterocycles. The van der Waals surface area contributed by atoms with E-state index in [2.05, 4.69) is 20.6 Å².